The van der Waals surface area contributed by atoms with Gasteiger partial charge in [-0.3, -0.25) is 0 Å². The number of nitrogens with two attached hydrogens (primary N) is 1. The zero-order chi connectivity index (χ0) is 10.4. The summed E-state index contributed by atoms with van der Waals surface area (Å²) in [6.45, 7) is 4.63. The van der Waals surface area contributed by atoms with Crippen LogP contribution in [0.15, 0.2) is 0 Å². The molecule has 1 aliphatic heterocycles. The van der Waals surface area contributed by atoms with Gasteiger partial charge in [-0.05, 0) is 66.0 Å². The third-order valence-corrected chi connectivity index (χ3v) is 3.22. The fourth-order valence-corrected chi connectivity index (χ4v) is 2.14. The first kappa shape index (κ1) is 12.0. The summed E-state index contributed by atoms with van der Waals surface area (Å²) in [5, 5.41) is 0. The molecule has 0 radical (unpaired) electrons. The van der Waals surface area contributed by atoms with Gasteiger partial charge in [0.25, 0.3) is 0 Å². The van der Waals surface area contributed by atoms with E-state index in [4.69, 9.17) is 5.73 Å². The van der Waals surface area contributed by atoms with Crippen LogP contribution >= 0.6 is 0 Å². The second-order valence-electron chi connectivity index (χ2n) is 4.53. The van der Waals surface area contributed by atoms with Crippen LogP contribution < -0.4 is 5.73 Å². The molecule has 1 heterocycles. The lowest BCUT2D eigenvalue weighted by molar-refractivity contribution is 0.143. The Morgan fingerprint density at radius 2 is 1.86 bits per heavy atom. The van der Waals surface area contributed by atoms with Gasteiger partial charge in [-0.15, -0.1) is 0 Å². The van der Waals surface area contributed by atoms with Crippen molar-refractivity contribution in [3.63, 3.8) is 0 Å². The highest BCUT2D eigenvalue weighted by Gasteiger charge is 2.19. The van der Waals surface area contributed by atoms with Crippen molar-refractivity contribution in [2.24, 2.45) is 5.73 Å². The molecule has 0 aromatic heterocycles. The highest BCUT2D eigenvalue weighted by atomic mass is 15.2. The Balaban J connectivity index is 2.09. The van der Waals surface area contributed by atoms with Crippen LogP contribution in [0.4, 0.5) is 0 Å². The van der Waals surface area contributed by atoms with E-state index in [9.17, 15) is 0 Å². The minimum Gasteiger partial charge on any atom is -0.330 e. The predicted octanol–water partition coefficient (Wildman–Crippen LogP) is 0.751. The lowest BCUT2D eigenvalue weighted by Gasteiger charge is -2.35. The van der Waals surface area contributed by atoms with Crippen LogP contribution in [-0.4, -0.2) is 56.1 Å². The highest BCUT2D eigenvalue weighted by Crippen LogP contribution is 2.14. The maximum atomic E-state index is 5.48. The molecule has 1 aliphatic rings. The average molecular weight is 199 g/mol. The van der Waals surface area contributed by atoms with Crippen LogP contribution in [0.1, 0.15) is 25.7 Å². The van der Waals surface area contributed by atoms with E-state index in [-0.39, 0.29) is 0 Å². The van der Waals surface area contributed by atoms with Crippen molar-refractivity contribution in [1.29, 1.82) is 0 Å². The van der Waals surface area contributed by atoms with Gasteiger partial charge >= 0.3 is 0 Å². The lowest BCUT2D eigenvalue weighted by atomic mass is 10.0. The number of hydrogen-bond acceptors (Lipinski definition) is 3. The first-order valence-corrected chi connectivity index (χ1v) is 5.83. The van der Waals surface area contributed by atoms with E-state index in [0.29, 0.717) is 0 Å². The third-order valence-electron chi connectivity index (χ3n) is 3.22. The van der Waals surface area contributed by atoms with Crippen LogP contribution in [-0.2, 0) is 0 Å². The molecule has 3 heteroatoms. The molecule has 0 aromatic rings. The van der Waals surface area contributed by atoms with Crippen LogP contribution in [0.2, 0.25) is 0 Å². The van der Waals surface area contributed by atoms with E-state index >= 15 is 0 Å². The molecule has 84 valence electrons. The van der Waals surface area contributed by atoms with Gasteiger partial charge in [-0.2, -0.15) is 0 Å². The summed E-state index contributed by atoms with van der Waals surface area (Å²) in [5.41, 5.74) is 5.48. The second kappa shape index (κ2) is 6.38. The molecule has 0 amide bonds. The molecule has 0 atom stereocenters. The molecule has 0 bridgehead atoms. The Hall–Kier alpha value is -0.120. The van der Waals surface area contributed by atoms with Crippen molar-refractivity contribution in [1.82, 2.24) is 9.80 Å². The SMILES string of the molecule is CN(C)C1CCN(CCCCN)CC1. The molecule has 0 aliphatic carbocycles. The van der Waals surface area contributed by atoms with Crippen molar-refractivity contribution in [3.8, 4) is 0 Å². The maximum absolute atomic E-state index is 5.48. The number of piperidine rings is 1. The molecule has 2 N–H and O–H groups in total. The lowest BCUT2D eigenvalue weighted by Crippen LogP contribution is -2.42. The fraction of sp³-hybridized carbons (Fsp3) is 1.00. The number of rotatable bonds is 5. The molecule has 1 fully saturated rings. The summed E-state index contributed by atoms with van der Waals surface area (Å²) in [6, 6.07) is 0.806. The molecular weight excluding hydrogens is 174 g/mol. The summed E-state index contributed by atoms with van der Waals surface area (Å²) in [5.74, 6) is 0. The predicted molar refractivity (Wildman–Crippen MR) is 61.4 cm³/mol. The normalized spacial score (nSPS) is 20.6. The van der Waals surface area contributed by atoms with Gasteiger partial charge in [-0.25, -0.2) is 0 Å². The van der Waals surface area contributed by atoms with Crippen LogP contribution in [0.3, 0.4) is 0 Å². The Morgan fingerprint density at radius 3 is 2.36 bits per heavy atom. The van der Waals surface area contributed by atoms with E-state index in [2.05, 4.69) is 23.9 Å². The van der Waals surface area contributed by atoms with E-state index in [1.807, 2.05) is 0 Å². The van der Waals surface area contributed by atoms with E-state index in [1.165, 1.54) is 45.3 Å². The van der Waals surface area contributed by atoms with E-state index < -0.39 is 0 Å². The summed E-state index contributed by atoms with van der Waals surface area (Å²) < 4.78 is 0. The number of likely N-dealkylation sites (tertiary alicyclic amines) is 1. The number of unbranched alkanes of at least 4 members (excludes halogenated alkanes) is 1. The van der Waals surface area contributed by atoms with Gasteiger partial charge in [0, 0.05) is 6.04 Å². The van der Waals surface area contributed by atoms with Gasteiger partial charge in [0.15, 0.2) is 0 Å². The summed E-state index contributed by atoms with van der Waals surface area (Å²) in [6.07, 6.45) is 5.10. The van der Waals surface area contributed by atoms with Crippen LogP contribution in [0.25, 0.3) is 0 Å². The average Bonchev–Trinajstić information content (AvgIpc) is 2.19. The largest absolute Gasteiger partial charge is 0.330 e. The summed E-state index contributed by atoms with van der Waals surface area (Å²) >= 11 is 0. The molecular formula is C11H25N3. The smallest absolute Gasteiger partial charge is 0.0113 e. The molecule has 1 saturated heterocycles. The third kappa shape index (κ3) is 3.95. The molecule has 0 aromatic carbocycles. The first-order valence-electron chi connectivity index (χ1n) is 5.83. The van der Waals surface area contributed by atoms with E-state index in [1.54, 1.807) is 0 Å². The van der Waals surface area contributed by atoms with Gasteiger partial charge in [0.05, 0.1) is 0 Å². The van der Waals surface area contributed by atoms with Gasteiger partial charge in [-0.1, -0.05) is 0 Å². The Bertz CT molecular complexity index is 139. The standard InChI is InChI=1S/C11H25N3/c1-13(2)11-5-9-14(10-6-11)8-4-3-7-12/h11H,3-10,12H2,1-2H3. The van der Waals surface area contributed by atoms with Crippen LogP contribution in [0, 0.1) is 0 Å². The Kier molecular flexibility index (Phi) is 5.45. The van der Waals surface area contributed by atoms with Crippen molar-refractivity contribution in [2.75, 3.05) is 40.3 Å². The topological polar surface area (TPSA) is 32.5 Å². The number of hydrogen-bond donors (Lipinski definition) is 1. The molecule has 0 spiro atoms. The summed E-state index contributed by atoms with van der Waals surface area (Å²) in [7, 11) is 4.38. The quantitative estimate of drug-likeness (QED) is 0.663. The number of nitrogens with zero attached hydrogens (tertiary/aromatic N) is 2. The molecule has 1 rings (SSSR count). The van der Waals surface area contributed by atoms with Crippen molar-refractivity contribution < 1.29 is 0 Å². The van der Waals surface area contributed by atoms with Crippen LogP contribution in [0.5, 0.6) is 0 Å². The zero-order valence-electron chi connectivity index (χ0n) is 9.71. The second-order valence-corrected chi connectivity index (χ2v) is 4.53. The Morgan fingerprint density at radius 1 is 1.21 bits per heavy atom. The van der Waals surface area contributed by atoms with Crippen molar-refractivity contribution in [3.05, 3.63) is 0 Å². The highest BCUT2D eigenvalue weighted by molar-refractivity contribution is 4.76. The minimum absolute atomic E-state index is 0.806. The monoisotopic (exact) mass is 199 g/mol. The maximum Gasteiger partial charge on any atom is 0.0113 e. The summed E-state index contributed by atoms with van der Waals surface area (Å²) in [4.78, 5) is 4.94. The molecule has 0 saturated carbocycles. The molecule has 3 nitrogen and oxygen atoms in total. The van der Waals surface area contributed by atoms with E-state index in [0.717, 1.165) is 12.6 Å². The van der Waals surface area contributed by atoms with Gasteiger partial charge in [0.1, 0.15) is 0 Å². The van der Waals surface area contributed by atoms with Crippen molar-refractivity contribution >= 4 is 0 Å². The Labute approximate surface area is 88.2 Å². The molecule has 14 heavy (non-hydrogen) atoms. The first-order chi connectivity index (χ1) is 6.74. The zero-order valence-corrected chi connectivity index (χ0v) is 9.71. The van der Waals surface area contributed by atoms with Gasteiger partial charge in [0.2, 0.25) is 0 Å². The van der Waals surface area contributed by atoms with Crippen molar-refractivity contribution in [2.45, 2.75) is 31.7 Å². The fourth-order valence-electron chi connectivity index (χ4n) is 2.14. The van der Waals surface area contributed by atoms with Gasteiger partial charge < -0.3 is 15.5 Å². The minimum atomic E-state index is 0.806. The molecule has 0 unspecified atom stereocenters.